The van der Waals surface area contributed by atoms with Crippen LogP contribution in [0.25, 0.3) is 0 Å². The summed E-state index contributed by atoms with van der Waals surface area (Å²) in [5.41, 5.74) is 0. The van der Waals surface area contributed by atoms with Crippen LogP contribution in [0.15, 0.2) is 12.1 Å². The van der Waals surface area contributed by atoms with Crippen molar-refractivity contribution in [3.05, 3.63) is 21.9 Å². The van der Waals surface area contributed by atoms with Crippen LogP contribution in [0, 0.1) is 17.2 Å². The van der Waals surface area contributed by atoms with Gasteiger partial charge in [0.1, 0.15) is 10.9 Å². The van der Waals surface area contributed by atoms with E-state index in [9.17, 15) is 0 Å². The van der Waals surface area contributed by atoms with Gasteiger partial charge in [0.05, 0.1) is 0 Å². The molecule has 0 spiro atoms. The molecular formula is C11H14N2S. The highest BCUT2D eigenvalue weighted by Crippen LogP contribution is 2.23. The molecule has 74 valence electrons. The molecule has 1 aromatic rings. The van der Waals surface area contributed by atoms with E-state index in [1.807, 2.05) is 6.07 Å². The van der Waals surface area contributed by atoms with Crippen molar-refractivity contribution in [1.82, 2.24) is 5.32 Å². The maximum absolute atomic E-state index is 8.71. The quantitative estimate of drug-likeness (QED) is 0.805. The minimum Gasteiger partial charge on any atom is -0.317 e. The number of hydrogen-bond acceptors (Lipinski definition) is 3. The molecule has 14 heavy (non-hydrogen) atoms. The van der Waals surface area contributed by atoms with Crippen LogP contribution in [0.1, 0.15) is 22.6 Å². The molecule has 2 heterocycles. The minimum absolute atomic E-state index is 0.821. The zero-order valence-corrected chi connectivity index (χ0v) is 8.94. The van der Waals surface area contributed by atoms with Crippen LogP contribution in [-0.4, -0.2) is 13.1 Å². The molecular weight excluding hydrogens is 192 g/mol. The summed E-state index contributed by atoms with van der Waals surface area (Å²) in [7, 11) is 0. The van der Waals surface area contributed by atoms with Crippen LogP contribution in [-0.2, 0) is 6.42 Å². The second kappa shape index (κ2) is 4.59. The fourth-order valence-corrected chi connectivity index (χ4v) is 2.84. The van der Waals surface area contributed by atoms with E-state index in [1.54, 1.807) is 11.3 Å². The second-order valence-corrected chi connectivity index (χ2v) is 4.94. The van der Waals surface area contributed by atoms with Crippen LogP contribution in [0.2, 0.25) is 0 Å². The third kappa shape index (κ3) is 2.34. The lowest BCUT2D eigenvalue weighted by Gasteiger charge is -2.21. The highest BCUT2D eigenvalue weighted by molar-refractivity contribution is 7.12. The molecule has 1 aliphatic rings. The second-order valence-electron chi connectivity index (χ2n) is 3.78. The van der Waals surface area contributed by atoms with Gasteiger partial charge in [-0.2, -0.15) is 5.26 Å². The maximum Gasteiger partial charge on any atom is 0.110 e. The summed E-state index contributed by atoms with van der Waals surface area (Å²) in [5, 5.41) is 12.1. The number of rotatable bonds is 2. The zero-order valence-electron chi connectivity index (χ0n) is 8.12. The number of nitrogens with one attached hydrogen (secondary N) is 1. The Hall–Kier alpha value is -0.850. The van der Waals surface area contributed by atoms with Crippen molar-refractivity contribution in [3.63, 3.8) is 0 Å². The largest absolute Gasteiger partial charge is 0.317 e. The Labute approximate surface area is 88.6 Å². The Morgan fingerprint density at radius 2 is 2.21 bits per heavy atom. The molecule has 1 aromatic heterocycles. The van der Waals surface area contributed by atoms with Crippen LogP contribution < -0.4 is 5.32 Å². The van der Waals surface area contributed by atoms with Gasteiger partial charge in [-0.05, 0) is 50.4 Å². The molecule has 2 nitrogen and oxygen atoms in total. The summed E-state index contributed by atoms with van der Waals surface area (Å²) < 4.78 is 0. The Balaban J connectivity index is 1.93. The zero-order chi connectivity index (χ0) is 9.80. The fourth-order valence-electron chi connectivity index (χ4n) is 1.92. The van der Waals surface area contributed by atoms with Gasteiger partial charge in [-0.1, -0.05) is 0 Å². The molecule has 1 N–H and O–H groups in total. The van der Waals surface area contributed by atoms with Crippen molar-refractivity contribution in [1.29, 1.82) is 5.26 Å². The average Bonchev–Trinajstić information content (AvgIpc) is 2.67. The van der Waals surface area contributed by atoms with Crippen LogP contribution in [0.4, 0.5) is 0 Å². The summed E-state index contributed by atoms with van der Waals surface area (Å²) in [4.78, 5) is 2.21. The SMILES string of the molecule is N#Cc1ccc(CC2CCNCC2)s1. The standard InChI is InChI=1S/C11H14N2S/c12-8-11-2-1-10(14-11)7-9-3-5-13-6-4-9/h1-2,9,13H,3-7H2. The first-order chi connectivity index (χ1) is 6.88. The Morgan fingerprint density at radius 3 is 2.86 bits per heavy atom. The number of nitriles is 1. The summed E-state index contributed by atoms with van der Waals surface area (Å²) in [6, 6.07) is 6.22. The van der Waals surface area contributed by atoms with Crippen LogP contribution in [0.3, 0.4) is 0 Å². The molecule has 0 unspecified atom stereocenters. The maximum atomic E-state index is 8.71. The molecule has 1 saturated heterocycles. The first-order valence-electron chi connectivity index (χ1n) is 5.08. The molecule has 0 radical (unpaired) electrons. The summed E-state index contributed by atoms with van der Waals surface area (Å²) in [6.07, 6.45) is 3.72. The number of nitrogens with zero attached hydrogens (tertiary/aromatic N) is 1. The predicted molar refractivity (Wildman–Crippen MR) is 58.3 cm³/mol. The molecule has 0 bridgehead atoms. The van der Waals surface area contributed by atoms with Gasteiger partial charge in [-0.25, -0.2) is 0 Å². The van der Waals surface area contributed by atoms with Crippen molar-refractivity contribution in [2.45, 2.75) is 19.3 Å². The van der Waals surface area contributed by atoms with Gasteiger partial charge in [0, 0.05) is 4.88 Å². The monoisotopic (exact) mass is 206 g/mol. The molecule has 1 fully saturated rings. The van der Waals surface area contributed by atoms with E-state index >= 15 is 0 Å². The number of thiophene rings is 1. The van der Waals surface area contributed by atoms with E-state index in [1.165, 1.54) is 17.7 Å². The van der Waals surface area contributed by atoms with E-state index in [2.05, 4.69) is 17.5 Å². The third-order valence-electron chi connectivity index (χ3n) is 2.72. The molecule has 0 aromatic carbocycles. The normalized spacial score (nSPS) is 17.9. The molecule has 1 aliphatic heterocycles. The van der Waals surface area contributed by atoms with E-state index in [-0.39, 0.29) is 0 Å². The summed E-state index contributed by atoms with van der Waals surface area (Å²) in [5.74, 6) is 0.821. The third-order valence-corrected chi connectivity index (χ3v) is 3.73. The first-order valence-corrected chi connectivity index (χ1v) is 5.89. The van der Waals surface area contributed by atoms with Crippen molar-refractivity contribution in [2.24, 2.45) is 5.92 Å². The molecule has 0 saturated carbocycles. The van der Waals surface area contributed by atoms with Gasteiger partial charge in [-0.3, -0.25) is 0 Å². The predicted octanol–water partition coefficient (Wildman–Crippen LogP) is 2.16. The van der Waals surface area contributed by atoms with E-state index in [4.69, 9.17) is 5.26 Å². The molecule has 0 atom stereocenters. The topological polar surface area (TPSA) is 35.8 Å². The number of hydrogen-bond donors (Lipinski definition) is 1. The van der Waals surface area contributed by atoms with E-state index in [0.29, 0.717) is 0 Å². The van der Waals surface area contributed by atoms with Gasteiger partial charge in [0.2, 0.25) is 0 Å². The minimum atomic E-state index is 0.821. The summed E-state index contributed by atoms with van der Waals surface area (Å²) in [6.45, 7) is 2.31. The molecule has 2 rings (SSSR count). The van der Waals surface area contributed by atoms with Crippen molar-refractivity contribution < 1.29 is 0 Å². The lowest BCUT2D eigenvalue weighted by molar-refractivity contribution is 0.374. The van der Waals surface area contributed by atoms with Crippen LogP contribution >= 0.6 is 11.3 Å². The lowest BCUT2D eigenvalue weighted by atomic mass is 9.94. The molecule has 0 aliphatic carbocycles. The van der Waals surface area contributed by atoms with Gasteiger partial charge in [-0.15, -0.1) is 11.3 Å². The van der Waals surface area contributed by atoms with Gasteiger partial charge < -0.3 is 5.32 Å². The molecule has 0 amide bonds. The Morgan fingerprint density at radius 1 is 1.43 bits per heavy atom. The van der Waals surface area contributed by atoms with Gasteiger partial charge in [0.15, 0.2) is 0 Å². The first kappa shape index (κ1) is 9.70. The summed E-state index contributed by atoms with van der Waals surface area (Å²) >= 11 is 1.65. The Kier molecular flexibility index (Phi) is 3.18. The highest BCUT2D eigenvalue weighted by atomic mass is 32.1. The highest BCUT2D eigenvalue weighted by Gasteiger charge is 2.14. The average molecular weight is 206 g/mol. The number of piperidine rings is 1. The van der Waals surface area contributed by atoms with E-state index in [0.717, 1.165) is 30.3 Å². The van der Waals surface area contributed by atoms with Crippen molar-refractivity contribution in [3.8, 4) is 6.07 Å². The van der Waals surface area contributed by atoms with Gasteiger partial charge in [0.25, 0.3) is 0 Å². The van der Waals surface area contributed by atoms with Gasteiger partial charge >= 0.3 is 0 Å². The smallest absolute Gasteiger partial charge is 0.110 e. The van der Waals surface area contributed by atoms with Crippen LogP contribution in [0.5, 0.6) is 0 Å². The Bertz CT molecular complexity index is 331. The van der Waals surface area contributed by atoms with E-state index < -0.39 is 0 Å². The van der Waals surface area contributed by atoms with Crippen molar-refractivity contribution >= 4 is 11.3 Å². The fraction of sp³-hybridized carbons (Fsp3) is 0.545. The molecule has 3 heteroatoms. The van der Waals surface area contributed by atoms with Crippen molar-refractivity contribution in [2.75, 3.05) is 13.1 Å². The lowest BCUT2D eigenvalue weighted by Crippen LogP contribution is -2.28.